The van der Waals surface area contributed by atoms with Crippen molar-refractivity contribution in [2.24, 2.45) is 0 Å². The number of rotatable bonds is 9. The van der Waals surface area contributed by atoms with Crippen molar-refractivity contribution in [2.75, 3.05) is 13.2 Å². The van der Waals surface area contributed by atoms with E-state index in [1.807, 2.05) is 36.4 Å². The maximum Gasteiger partial charge on any atom is 0.220 e. The molecule has 3 aromatic rings. The molecule has 2 aromatic heterocycles. The van der Waals surface area contributed by atoms with Crippen molar-refractivity contribution in [2.45, 2.75) is 19.8 Å². The van der Waals surface area contributed by atoms with Crippen LogP contribution in [0.2, 0.25) is 5.02 Å². The number of nitrogens with zero attached hydrogens (tertiary/aromatic N) is 1. The number of pyridine rings is 1. The van der Waals surface area contributed by atoms with Gasteiger partial charge in [0.25, 0.3) is 0 Å². The summed E-state index contributed by atoms with van der Waals surface area (Å²) in [5.41, 5.74) is 1.97. The van der Waals surface area contributed by atoms with Crippen LogP contribution in [-0.2, 0) is 11.2 Å². The van der Waals surface area contributed by atoms with E-state index >= 15 is 0 Å². The van der Waals surface area contributed by atoms with Gasteiger partial charge in [0.1, 0.15) is 12.4 Å². The molecular formula is C22H21ClN2O3S. The molecule has 2 heterocycles. The number of hydrogen-bond donors (Lipinski definition) is 1. The lowest BCUT2D eigenvalue weighted by atomic mass is 10.1. The number of aryl methyl sites for hydroxylation is 1. The molecule has 0 aliphatic heterocycles. The smallest absolute Gasteiger partial charge is 0.220 e. The van der Waals surface area contributed by atoms with Gasteiger partial charge in [-0.1, -0.05) is 17.7 Å². The first-order valence-corrected chi connectivity index (χ1v) is 10.4. The second-order valence-corrected chi connectivity index (χ2v) is 7.92. The molecule has 0 aliphatic rings. The third-order valence-electron chi connectivity index (χ3n) is 4.21. The lowest BCUT2D eigenvalue weighted by Gasteiger charge is -2.10. The van der Waals surface area contributed by atoms with Crippen LogP contribution in [-0.4, -0.2) is 29.8 Å². The Morgan fingerprint density at radius 2 is 2.07 bits per heavy atom. The third kappa shape index (κ3) is 6.14. The van der Waals surface area contributed by atoms with E-state index in [2.05, 4.69) is 10.3 Å². The fourth-order valence-electron chi connectivity index (χ4n) is 2.70. The molecule has 0 saturated heterocycles. The predicted molar refractivity (Wildman–Crippen MR) is 116 cm³/mol. The van der Waals surface area contributed by atoms with Crippen molar-refractivity contribution in [3.05, 3.63) is 70.3 Å². The van der Waals surface area contributed by atoms with E-state index in [-0.39, 0.29) is 11.7 Å². The first-order chi connectivity index (χ1) is 14.0. The molecule has 1 amide bonds. The van der Waals surface area contributed by atoms with E-state index in [1.54, 1.807) is 25.4 Å². The number of hydrogen-bond acceptors (Lipinski definition) is 5. The van der Waals surface area contributed by atoms with Crippen LogP contribution in [0.15, 0.2) is 54.9 Å². The number of thiophene rings is 1. The Labute approximate surface area is 178 Å². The number of Topliss-reactive ketones (excluding diaryl/α,β-unsaturated/α-hetero) is 1. The van der Waals surface area contributed by atoms with Crippen LogP contribution >= 0.6 is 22.9 Å². The second kappa shape index (κ2) is 10.2. The van der Waals surface area contributed by atoms with Crippen LogP contribution in [0.4, 0.5) is 0 Å². The quantitative estimate of drug-likeness (QED) is 0.393. The third-order valence-corrected chi connectivity index (χ3v) is 5.75. The molecule has 29 heavy (non-hydrogen) atoms. The monoisotopic (exact) mass is 428 g/mol. The second-order valence-electron chi connectivity index (χ2n) is 6.42. The summed E-state index contributed by atoms with van der Waals surface area (Å²) in [7, 11) is 0. The molecule has 0 unspecified atom stereocenters. The van der Waals surface area contributed by atoms with Gasteiger partial charge in [0.05, 0.1) is 16.4 Å². The summed E-state index contributed by atoms with van der Waals surface area (Å²) < 4.78 is 5.68. The van der Waals surface area contributed by atoms with Crippen LogP contribution in [0.25, 0.3) is 10.4 Å². The van der Waals surface area contributed by atoms with Crippen LogP contribution in [0.1, 0.15) is 28.6 Å². The van der Waals surface area contributed by atoms with Gasteiger partial charge in [-0.15, -0.1) is 11.3 Å². The van der Waals surface area contributed by atoms with E-state index in [0.717, 1.165) is 20.9 Å². The normalized spacial score (nSPS) is 10.6. The van der Waals surface area contributed by atoms with Crippen LogP contribution in [0, 0.1) is 0 Å². The van der Waals surface area contributed by atoms with Gasteiger partial charge in [-0.2, -0.15) is 0 Å². The summed E-state index contributed by atoms with van der Waals surface area (Å²) in [5, 5.41) is 3.32. The maximum atomic E-state index is 11.9. The van der Waals surface area contributed by atoms with Crippen LogP contribution in [0.5, 0.6) is 5.75 Å². The largest absolute Gasteiger partial charge is 0.490 e. The van der Waals surface area contributed by atoms with Crippen LogP contribution < -0.4 is 10.1 Å². The number of aromatic nitrogens is 1. The molecule has 0 bridgehead atoms. The Bertz CT molecular complexity index is 989. The van der Waals surface area contributed by atoms with Crippen LogP contribution in [0.3, 0.4) is 0 Å². The molecule has 3 rings (SSSR count). The highest BCUT2D eigenvalue weighted by Crippen LogP contribution is 2.34. The first-order valence-electron chi connectivity index (χ1n) is 9.22. The van der Waals surface area contributed by atoms with E-state index in [0.29, 0.717) is 36.8 Å². The summed E-state index contributed by atoms with van der Waals surface area (Å²) in [6.07, 6.45) is 4.54. The molecule has 7 heteroatoms. The van der Waals surface area contributed by atoms with E-state index in [4.69, 9.17) is 16.3 Å². The topological polar surface area (TPSA) is 68.3 Å². The Kier molecular flexibility index (Phi) is 7.38. The summed E-state index contributed by atoms with van der Waals surface area (Å²) in [4.78, 5) is 29.1. The minimum Gasteiger partial charge on any atom is -0.490 e. The van der Waals surface area contributed by atoms with Crippen molar-refractivity contribution in [3.63, 3.8) is 0 Å². The summed E-state index contributed by atoms with van der Waals surface area (Å²) in [6, 6.07) is 13.1. The van der Waals surface area contributed by atoms with Gasteiger partial charge in [-0.25, -0.2) is 0 Å². The van der Waals surface area contributed by atoms with Gasteiger partial charge in [-0.3, -0.25) is 14.6 Å². The standard InChI is InChI=1S/C22H21ClN2O3S/c1-15(26)20-7-8-21(29-20)17-5-6-19(18(23)13-17)28-12-11-25-22(27)9-4-16-3-2-10-24-14-16/h2-3,5-8,10,13-14H,4,9,11-12H2,1H3,(H,25,27). The molecule has 0 atom stereocenters. The number of nitrogens with one attached hydrogen (secondary N) is 1. The van der Waals surface area contributed by atoms with E-state index in [1.165, 1.54) is 11.3 Å². The molecule has 5 nitrogen and oxygen atoms in total. The molecule has 1 aromatic carbocycles. The van der Waals surface area contributed by atoms with Gasteiger partial charge in [0.15, 0.2) is 5.78 Å². The van der Waals surface area contributed by atoms with E-state index in [9.17, 15) is 9.59 Å². The highest BCUT2D eigenvalue weighted by atomic mass is 35.5. The first kappa shape index (κ1) is 21.0. The number of benzene rings is 1. The van der Waals surface area contributed by atoms with Gasteiger partial charge in [-0.05, 0) is 60.9 Å². The lowest BCUT2D eigenvalue weighted by Crippen LogP contribution is -2.28. The SMILES string of the molecule is CC(=O)c1ccc(-c2ccc(OCCNC(=O)CCc3cccnc3)c(Cl)c2)s1. The van der Waals surface area contributed by atoms with Crippen molar-refractivity contribution >= 4 is 34.6 Å². The molecule has 1 N–H and O–H groups in total. The van der Waals surface area contributed by atoms with Gasteiger partial charge >= 0.3 is 0 Å². The van der Waals surface area contributed by atoms with Crippen molar-refractivity contribution in [1.82, 2.24) is 10.3 Å². The van der Waals surface area contributed by atoms with Gasteiger partial charge < -0.3 is 10.1 Å². The molecule has 0 saturated carbocycles. The summed E-state index contributed by atoms with van der Waals surface area (Å²) in [5.74, 6) is 0.580. The fourth-order valence-corrected chi connectivity index (χ4v) is 3.83. The average molecular weight is 429 g/mol. The average Bonchev–Trinajstić information content (AvgIpc) is 3.22. The Hall–Kier alpha value is -2.70. The minimum atomic E-state index is -0.0298. The van der Waals surface area contributed by atoms with Crippen molar-refractivity contribution in [1.29, 1.82) is 0 Å². The fraction of sp³-hybridized carbons (Fsp3) is 0.227. The zero-order valence-corrected chi connectivity index (χ0v) is 17.6. The zero-order chi connectivity index (χ0) is 20.6. The van der Waals surface area contributed by atoms with Gasteiger partial charge in [0.2, 0.25) is 5.91 Å². The number of carbonyl (C=O) groups is 2. The number of halogens is 1. The van der Waals surface area contributed by atoms with Crippen molar-refractivity contribution in [3.8, 4) is 16.2 Å². The molecular weight excluding hydrogens is 408 g/mol. The highest BCUT2D eigenvalue weighted by Gasteiger charge is 2.09. The Balaban J connectivity index is 1.44. The number of amides is 1. The summed E-state index contributed by atoms with van der Waals surface area (Å²) >= 11 is 7.76. The van der Waals surface area contributed by atoms with Gasteiger partial charge in [0, 0.05) is 23.7 Å². The van der Waals surface area contributed by atoms with Crippen molar-refractivity contribution < 1.29 is 14.3 Å². The Morgan fingerprint density at radius 1 is 1.21 bits per heavy atom. The number of carbonyl (C=O) groups excluding carboxylic acids is 2. The molecule has 0 fully saturated rings. The lowest BCUT2D eigenvalue weighted by molar-refractivity contribution is -0.121. The number of ketones is 1. The number of ether oxygens (including phenoxy) is 1. The maximum absolute atomic E-state index is 11.9. The zero-order valence-electron chi connectivity index (χ0n) is 16.0. The highest BCUT2D eigenvalue weighted by molar-refractivity contribution is 7.17. The molecule has 0 radical (unpaired) electrons. The predicted octanol–water partition coefficient (Wildman–Crippen LogP) is 4.79. The molecule has 150 valence electrons. The van der Waals surface area contributed by atoms with E-state index < -0.39 is 0 Å². The molecule has 0 aliphatic carbocycles. The molecule has 0 spiro atoms. The Morgan fingerprint density at radius 3 is 2.76 bits per heavy atom. The minimum absolute atomic E-state index is 0.0298. The summed E-state index contributed by atoms with van der Waals surface area (Å²) in [6.45, 7) is 2.28.